The number of aromatic nitrogens is 2. The number of ether oxygens (including phenoxy) is 2. The maximum absolute atomic E-state index is 12.6. The number of hydrogen-bond acceptors (Lipinski definition) is 5. The number of imidazole rings is 1. The number of nitrogens with zero attached hydrogens (tertiary/aromatic N) is 3. The standard InChI is InChI=1S/C22H27N5O3/c1-29-11-9-26(10-12-30-2)17-5-3-16(4-6-17)21-14-23-22(28)27(21)18-7-8-19-20(13-18)25-15-24-19/h3-8,13,15,21H,9-12,14H2,1-2H3,(H,23,28)(H,24,25)/t21-/m1/s1. The van der Waals surface area contributed by atoms with Crippen LogP contribution in [0.5, 0.6) is 0 Å². The number of benzene rings is 2. The zero-order chi connectivity index (χ0) is 20.9. The van der Waals surface area contributed by atoms with Crippen LogP contribution in [0, 0.1) is 0 Å². The minimum absolute atomic E-state index is 0.0747. The van der Waals surface area contributed by atoms with Crippen LogP contribution >= 0.6 is 0 Å². The first-order valence-electron chi connectivity index (χ1n) is 10.0. The van der Waals surface area contributed by atoms with Crippen LogP contribution in [0.4, 0.5) is 16.2 Å². The van der Waals surface area contributed by atoms with Crippen molar-refractivity contribution < 1.29 is 14.3 Å². The first-order chi connectivity index (χ1) is 14.7. The summed E-state index contributed by atoms with van der Waals surface area (Å²) in [5.41, 5.74) is 4.81. The van der Waals surface area contributed by atoms with Crippen molar-refractivity contribution >= 4 is 28.4 Å². The molecule has 1 atom stereocenters. The van der Waals surface area contributed by atoms with Gasteiger partial charge in [0.05, 0.1) is 36.6 Å². The highest BCUT2D eigenvalue weighted by atomic mass is 16.5. The molecule has 2 heterocycles. The molecule has 1 aliphatic heterocycles. The number of methoxy groups -OCH3 is 2. The summed E-state index contributed by atoms with van der Waals surface area (Å²) >= 11 is 0. The molecule has 1 fully saturated rings. The molecule has 0 saturated carbocycles. The summed E-state index contributed by atoms with van der Waals surface area (Å²) in [5.74, 6) is 0. The van der Waals surface area contributed by atoms with Crippen LogP contribution in [0.3, 0.4) is 0 Å². The molecule has 1 aliphatic rings. The molecule has 1 saturated heterocycles. The zero-order valence-electron chi connectivity index (χ0n) is 17.3. The van der Waals surface area contributed by atoms with Gasteiger partial charge in [0.15, 0.2) is 0 Å². The van der Waals surface area contributed by atoms with E-state index in [0.29, 0.717) is 19.8 Å². The maximum Gasteiger partial charge on any atom is 0.322 e. The van der Waals surface area contributed by atoms with E-state index in [1.54, 1.807) is 25.4 Å². The number of amides is 2. The van der Waals surface area contributed by atoms with Gasteiger partial charge in [-0.15, -0.1) is 0 Å². The fourth-order valence-corrected chi connectivity index (χ4v) is 3.82. The van der Waals surface area contributed by atoms with Gasteiger partial charge in [-0.3, -0.25) is 4.90 Å². The van der Waals surface area contributed by atoms with Gasteiger partial charge in [-0.05, 0) is 35.9 Å². The molecule has 30 heavy (non-hydrogen) atoms. The number of aromatic amines is 1. The molecule has 2 amide bonds. The molecule has 1 aromatic heterocycles. The molecule has 8 nitrogen and oxygen atoms in total. The summed E-state index contributed by atoms with van der Waals surface area (Å²) in [7, 11) is 3.41. The molecule has 3 aromatic rings. The second-order valence-electron chi connectivity index (χ2n) is 7.24. The van der Waals surface area contributed by atoms with Gasteiger partial charge in [-0.25, -0.2) is 9.78 Å². The van der Waals surface area contributed by atoms with Crippen molar-refractivity contribution in [1.82, 2.24) is 15.3 Å². The van der Waals surface area contributed by atoms with Crippen molar-refractivity contribution in [3.05, 3.63) is 54.4 Å². The normalized spacial score (nSPS) is 16.3. The van der Waals surface area contributed by atoms with Crippen molar-refractivity contribution in [2.45, 2.75) is 6.04 Å². The van der Waals surface area contributed by atoms with Crippen LogP contribution in [0.1, 0.15) is 11.6 Å². The minimum Gasteiger partial charge on any atom is -0.383 e. The van der Waals surface area contributed by atoms with Gasteiger partial charge >= 0.3 is 6.03 Å². The van der Waals surface area contributed by atoms with Gasteiger partial charge in [-0.1, -0.05) is 12.1 Å². The van der Waals surface area contributed by atoms with E-state index in [4.69, 9.17) is 9.47 Å². The fourth-order valence-electron chi connectivity index (χ4n) is 3.82. The second kappa shape index (κ2) is 9.15. The molecule has 0 bridgehead atoms. The molecule has 2 N–H and O–H groups in total. The Morgan fingerprint density at radius 1 is 1.10 bits per heavy atom. The average Bonchev–Trinajstić information content (AvgIpc) is 3.40. The lowest BCUT2D eigenvalue weighted by Gasteiger charge is -2.26. The number of anilines is 2. The average molecular weight is 409 g/mol. The summed E-state index contributed by atoms with van der Waals surface area (Å²) in [6, 6.07) is 14.0. The Hall–Kier alpha value is -3.10. The smallest absolute Gasteiger partial charge is 0.322 e. The number of carbonyl (C=O) groups excluding carboxylic acids is 1. The SMILES string of the molecule is COCCN(CCOC)c1ccc([C@H]2CNC(=O)N2c2ccc3[nH]cnc3c2)cc1. The molecule has 0 unspecified atom stereocenters. The van der Waals surface area contributed by atoms with E-state index in [1.807, 2.05) is 18.2 Å². The topological polar surface area (TPSA) is 82.7 Å². The number of hydrogen-bond donors (Lipinski definition) is 2. The van der Waals surface area contributed by atoms with Crippen LogP contribution in [-0.4, -0.2) is 63.1 Å². The van der Waals surface area contributed by atoms with Crippen LogP contribution < -0.4 is 15.1 Å². The summed E-state index contributed by atoms with van der Waals surface area (Å²) in [6.45, 7) is 3.44. The van der Waals surface area contributed by atoms with E-state index < -0.39 is 0 Å². The van der Waals surface area contributed by atoms with E-state index >= 15 is 0 Å². The third-order valence-electron chi connectivity index (χ3n) is 5.43. The lowest BCUT2D eigenvalue weighted by Crippen LogP contribution is -2.31. The Morgan fingerprint density at radius 3 is 2.53 bits per heavy atom. The van der Waals surface area contributed by atoms with E-state index in [9.17, 15) is 4.79 Å². The third kappa shape index (κ3) is 4.10. The highest BCUT2D eigenvalue weighted by molar-refractivity contribution is 5.97. The summed E-state index contributed by atoms with van der Waals surface area (Å²) in [6.07, 6.45) is 1.66. The lowest BCUT2D eigenvalue weighted by atomic mass is 10.0. The Bertz CT molecular complexity index is 980. The summed E-state index contributed by atoms with van der Waals surface area (Å²) < 4.78 is 10.5. The van der Waals surface area contributed by atoms with E-state index in [-0.39, 0.29) is 12.1 Å². The number of rotatable bonds is 9. The predicted octanol–water partition coefficient (Wildman–Crippen LogP) is 2.93. The predicted molar refractivity (Wildman–Crippen MR) is 117 cm³/mol. The molecule has 0 radical (unpaired) electrons. The first-order valence-corrected chi connectivity index (χ1v) is 10.0. The van der Waals surface area contributed by atoms with Crippen LogP contribution in [0.2, 0.25) is 0 Å². The van der Waals surface area contributed by atoms with E-state index in [1.165, 1.54) is 0 Å². The maximum atomic E-state index is 12.6. The largest absolute Gasteiger partial charge is 0.383 e. The molecule has 0 aliphatic carbocycles. The molecule has 158 valence electrons. The van der Waals surface area contributed by atoms with Crippen molar-refractivity contribution in [3.63, 3.8) is 0 Å². The third-order valence-corrected chi connectivity index (χ3v) is 5.43. The lowest BCUT2D eigenvalue weighted by molar-refractivity contribution is 0.190. The number of urea groups is 1. The molecular formula is C22H27N5O3. The van der Waals surface area contributed by atoms with Crippen LogP contribution in [0.15, 0.2) is 48.8 Å². The minimum atomic E-state index is -0.0965. The van der Waals surface area contributed by atoms with Gasteiger partial charge < -0.3 is 24.7 Å². The molecular weight excluding hydrogens is 382 g/mol. The Morgan fingerprint density at radius 2 is 1.83 bits per heavy atom. The second-order valence-corrected chi connectivity index (χ2v) is 7.24. The Kier molecular flexibility index (Phi) is 6.15. The van der Waals surface area contributed by atoms with Gasteiger partial charge in [0.25, 0.3) is 0 Å². The zero-order valence-corrected chi connectivity index (χ0v) is 17.3. The number of carbonyl (C=O) groups is 1. The summed E-state index contributed by atoms with van der Waals surface area (Å²) in [4.78, 5) is 24.0. The van der Waals surface area contributed by atoms with Gasteiger partial charge in [0.1, 0.15) is 0 Å². The fraction of sp³-hybridized carbons (Fsp3) is 0.364. The van der Waals surface area contributed by atoms with Crippen molar-refractivity contribution in [2.75, 3.05) is 56.9 Å². The molecule has 0 spiro atoms. The quantitative estimate of drug-likeness (QED) is 0.568. The Labute approximate surface area is 175 Å². The van der Waals surface area contributed by atoms with Crippen molar-refractivity contribution in [3.8, 4) is 0 Å². The number of nitrogens with one attached hydrogen (secondary N) is 2. The van der Waals surface area contributed by atoms with Crippen molar-refractivity contribution in [1.29, 1.82) is 0 Å². The van der Waals surface area contributed by atoms with Crippen LogP contribution in [0.25, 0.3) is 11.0 Å². The van der Waals surface area contributed by atoms with E-state index in [2.05, 4.69) is 44.5 Å². The Balaban J connectivity index is 1.56. The van der Waals surface area contributed by atoms with Crippen molar-refractivity contribution in [2.24, 2.45) is 0 Å². The van der Waals surface area contributed by atoms with Gasteiger partial charge in [0.2, 0.25) is 0 Å². The van der Waals surface area contributed by atoms with Crippen LogP contribution in [-0.2, 0) is 9.47 Å². The monoisotopic (exact) mass is 409 g/mol. The molecule has 2 aromatic carbocycles. The van der Waals surface area contributed by atoms with Gasteiger partial charge in [0, 0.05) is 45.2 Å². The van der Waals surface area contributed by atoms with E-state index in [0.717, 1.165) is 41.1 Å². The number of H-pyrrole nitrogens is 1. The van der Waals surface area contributed by atoms with Gasteiger partial charge in [-0.2, -0.15) is 0 Å². The molecule has 8 heteroatoms. The first kappa shape index (κ1) is 20.2. The highest BCUT2D eigenvalue weighted by Crippen LogP contribution is 2.32. The number of fused-ring (bicyclic) bond motifs is 1. The molecule has 4 rings (SSSR count). The summed E-state index contributed by atoms with van der Waals surface area (Å²) in [5, 5.41) is 2.97. The highest BCUT2D eigenvalue weighted by Gasteiger charge is 2.33.